The van der Waals surface area contributed by atoms with Crippen LogP contribution in [0.4, 0.5) is 5.82 Å². The number of carbonyl (C=O) groups excluding carboxylic acids is 1. The first-order chi connectivity index (χ1) is 16.1. The van der Waals surface area contributed by atoms with Gasteiger partial charge in [-0.2, -0.15) is 0 Å². The van der Waals surface area contributed by atoms with Gasteiger partial charge in [-0.05, 0) is 71.7 Å². The second-order valence-corrected chi connectivity index (χ2v) is 8.28. The Morgan fingerprint density at radius 1 is 1.06 bits per heavy atom. The van der Waals surface area contributed by atoms with Gasteiger partial charge in [-0.3, -0.25) is 4.79 Å². The van der Waals surface area contributed by atoms with Crippen LogP contribution < -0.4 is 10.5 Å². The number of pyridine rings is 1. The van der Waals surface area contributed by atoms with Gasteiger partial charge in [0.1, 0.15) is 17.7 Å². The highest BCUT2D eigenvalue weighted by Gasteiger charge is 2.25. The van der Waals surface area contributed by atoms with Crippen molar-refractivity contribution in [1.29, 1.82) is 0 Å². The number of carbonyl (C=O) groups is 1. The Kier molecular flexibility index (Phi) is 5.69. The molecule has 5 rings (SSSR count). The number of ether oxygens (including phenoxy) is 2. The third-order valence-electron chi connectivity index (χ3n) is 6.18. The molecule has 0 unspecified atom stereocenters. The molecule has 3 aromatic carbocycles. The number of hydrogen-bond acceptors (Lipinski definition) is 5. The molecular weight excluding hydrogens is 412 g/mol. The molecule has 0 saturated carbocycles. The van der Waals surface area contributed by atoms with Crippen LogP contribution >= 0.6 is 0 Å². The van der Waals surface area contributed by atoms with Gasteiger partial charge in [0.15, 0.2) is 0 Å². The monoisotopic (exact) mass is 438 g/mol. The largest absolute Gasteiger partial charge is 0.485 e. The molecule has 33 heavy (non-hydrogen) atoms. The van der Waals surface area contributed by atoms with Crippen molar-refractivity contribution in [1.82, 2.24) is 4.98 Å². The summed E-state index contributed by atoms with van der Waals surface area (Å²) in [6.07, 6.45) is 3.75. The minimum absolute atomic E-state index is 0.0597. The molecule has 2 N–H and O–H groups in total. The Morgan fingerprint density at radius 2 is 1.88 bits per heavy atom. The van der Waals surface area contributed by atoms with Gasteiger partial charge in [0, 0.05) is 17.1 Å². The number of para-hydroxylation sites is 1. The SMILES string of the molecule is CCOC(=O)Cc1ccccc1O[C@@H]1CCc2ccc(-c3ccc4ccnc(N)c4c3)cc21. The van der Waals surface area contributed by atoms with Gasteiger partial charge in [-0.15, -0.1) is 0 Å². The van der Waals surface area contributed by atoms with Crippen LogP contribution in [0.2, 0.25) is 0 Å². The first-order valence-corrected chi connectivity index (χ1v) is 11.3. The lowest BCUT2D eigenvalue weighted by molar-refractivity contribution is -0.142. The molecule has 0 saturated heterocycles. The Hall–Kier alpha value is -3.86. The lowest BCUT2D eigenvalue weighted by Gasteiger charge is -2.18. The molecule has 5 nitrogen and oxygen atoms in total. The van der Waals surface area contributed by atoms with Crippen LogP contribution in [0.3, 0.4) is 0 Å². The summed E-state index contributed by atoms with van der Waals surface area (Å²) in [5.41, 5.74) is 11.7. The molecule has 4 aromatic rings. The number of nitrogens with zero attached hydrogens (tertiary/aromatic N) is 1. The molecule has 1 heterocycles. The van der Waals surface area contributed by atoms with E-state index in [9.17, 15) is 4.79 Å². The maximum atomic E-state index is 12.0. The number of rotatable bonds is 6. The summed E-state index contributed by atoms with van der Waals surface area (Å²) >= 11 is 0. The van der Waals surface area contributed by atoms with Gasteiger partial charge < -0.3 is 15.2 Å². The van der Waals surface area contributed by atoms with Gasteiger partial charge in [0.05, 0.1) is 13.0 Å². The second kappa shape index (κ2) is 8.94. The van der Waals surface area contributed by atoms with Crippen molar-refractivity contribution in [3.05, 3.63) is 89.6 Å². The fraction of sp³-hybridized carbons (Fsp3) is 0.214. The number of hydrogen-bond donors (Lipinski definition) is 1. The molecule has 1 aliphatic rings. The molecule has 1 aliphatic carbocycles. The van der Waals surface area contributed by atoms with Crippen LogP contribution in [0.1, 0.15) is 36.1 Å². The normalized spacial score (nSPS) is 14.8. The highest BCUT2D eigenvalue weighted by Crippen LogP contribution is 2.39. The highest BCUT2D eigenvalue weighted by molar-refractivity contribution is 5.94. The summed E-state index contributed by atoms with van der Waals surface area (Å²) in [5.74, 6) is 1.03. The number of esters is 1. The highest BCUT2D eigenvalue weighted by atomic mass is 16.5. The number of aromatic nitrogens is 1. The second-order valence-electron chi connectivity index (χ2n) is 8.28. The van der Waals surface area contributed by atoms with Crippen LogP contribution in [0.5, 0.6) is 5.75 Å². The zero-order valence-electron chi connectivity index (χ0n) is 18.6. The quantitative estimate of drug-likeness (QED) is 0.394. The van der Waals surface area contributed by atoms with Gasteiger partial charge in [-0.25, -0.2) is 4.98 Å². The van der Waals surface area contributed by atoms with Crippen molar-refractivity contribution in [2.24, 2.45) is 0 Å². The van der Waals surface area contributed by atoms with Crippen molar-refractivity contribution in [3.63, 3.8) is 0 Å². The van der Waals surface area contributed by atoms with E-state index in [0.717, 1.165) is 46.1 Å². The molecule has 0 radical (unpaired) electrons. The molecule has 1 atom stereocenters. The molecule has 0 aliphatic heterocycles. The van der Waals surface area contributed by atoms with Crippen LogP contribution in [0, 0.1) is 0 Å². The Bertz CT molecular complexity index is 1330. The summed E-state index contributed by atoms with van der Waals surface area (Å²) in [6.45, 7) is 2.19. The Labute approximate surface area is 193 Å². The molecule has 0 bridgehead atoms. The topological polar surface area (TPSA) is 74.4 Å². The minimum atomic E-state index is -0.243. The Balaban J connectivity index is 1.44. The van der Waals surface area contributed by atoms with E-state index >= 15 is 0 Å². The van der Waals surface area contributed by atoms with Crippen LogP contribution in [0.25, 0.3) is 21.9 Å². The van der Waals surface area contributed by atoms with Crippen molar-refractivity contribution >= 4 is 22.6 Å². The van der Waals surface area contributed by atoms with E-state index in [1.165, 1.54) is 11.1 Å². The summed E-state index contributed by atoms with van der Waals surface area (Å²) in [4.78, 5) is 16.3. The molecule has 0 fully saturated rings. The first kappa shape index (κ1) is 21.0. The number of aryl methyl sites for hydroxylation is 1. The van der Waals surface area contributed by atoms with Crippen molar-refractivity contribution in [3.8, 4) is 16.9 Å². The van der Waals surface area contributed by atoms with Crippen LogP contribution in [0.15, 0.2) is 72.9 Å². The van der Waals surface area contributed by atoms with Crippen molar-refractivity contribution in [2.45, 2.75) is 32.3 Å². The van der Waals surface area contributed by atoms with E-state index in [4.69, 9.17) is 15.2 Å². The lowest BCUT2D eigenvalue weighted by Crippen LogP contribution is -2.10. The molecule has 1 aromatic heterocycles. The molecule has 0 amide bonds. The predicted molar refractivity (Wildman–Crippen MR) is 130 cm³/mol. The predicted octanol–water partition coefficient (Wildman–Crippen LogP) is 5.66. The van der Waals surface area contributed by atoms with Gasteiger partial charge in [0.2, 0.25) is 0 Å². The summed E-state index contributed by atoms with van der Waals surface area (Å²) in [5, 5.41) is 2.03. The maximum absolute atomic E-state index is 12.0. The van der Waals surface area contributed by atoms with E-state index in [1.54, 1.807) is 6.20 Å². The number of anilines is 1. The third kappa shape index (κ3) is 4.27. The average Bonchev–Trinajstić information content (AvgIpc) is 3.22. The zero-order valence-corrected chi connectivity index (χ0v) is 18.6. The van der Waals surface area contributed by atoms with E-state index in [-0.39, 0.29) is 18.5 Å². The molecule has 0 spiro atoms. The average molecular weight is 439 g/mol. The fourth-order valence-corrected chi connectivity index (χ4v) is 4.52. The summed E-state index contributed by atoms with van der Waals surface area (Å²) in [7, 11) is 0. The zero-order chi connectivity index (χ0) is 22.8. The lowest BCUT2D eigenvalue weighted by atomic mass is 9.98. The van der Waals surface area contributed by atoms with Crippen LogP contribution in [-0.2, 0) is 22.4 Å². The Morgan fingerprint density at radius 3 is 2.76 bits per heavy atom. The minimum Gasteiger partial charge on any atom is -0.485 e. The van der Waals surface area contributed by atoms with Crippen LogP contribution in [-0.4, -0.2) is 17.6 Å². The van der Waals surface area contributed by atoms with E-state index in [0.29, 0.717) is 12.4 Å². The molecular formula is C28H26N2O3. The molecule has 5 heteroatoms. The number of nitrogen functional groups attached to an aromatic ring is 1. The van der Waals surface area contributed by atoms with Gasteiger partial charge in [-0.1, -0.05) is 42.5 Å². The third-order valence-corrected chi connectivity index (χ3v) is 6.18. The van der Waals surface area contributed by atoms with E-state index < -0.39 is 0 Å². The van der Waals surface area contributed by atoms with E-state index in [2.05, 4.69) is 41.4 Å². The van der Waals surface area contributed by atoms with Gasteiger partial charge in [0.25, 0.3) is 0 Å². The fourth-order valence-electron chi connectivity index (χ4n) is 4.52. The maximum Gasteiger partial charge on any atom is 0.310 e. The van der Waals surface area contributed by atoms with E-state index in [1.807, 2.05) is 37.3 Å². The first-order valence-electron chi connectivity index (χ1n) is 11.3. The number of benzene rings is 3. The summed E-state index contributed by atoms with van der Waals surface area (Å²) < 4.78 is 11.6. The number of fused-ring (bicyclic) bond motifs is 2. The summed E-state index contributed by atoms with van der Waals surface area (Å²) in [6, 6.07) is 22.5. The number of nitrogens with two attached hydrogens (primary N) is 1. The standard InChI is InChI=1S/C28H26N2O3/c1-2-32-27(31)17-22-5-3-4-6-25(22)33-26-12-11-18-7-9-20(15-23(18)26)21-10-8-19-13-14-30-28(29)24(19)16-21/h3-10,13-16,26H,2,11-12,17H2,1H3,(H2,29,30)/t26-/m1/s1. The van der Waals surface area contributed by atoms with Crippen molar-refractivity contribution < 1.29 is 14.3 Å². The molecule has 166 valence electrons. The smallest absolute Gasteiger partial charge is 0.310 e. The van der Waals surface area contributed by atoms with Gasteiger partial charge >= 0.3 is 5.97 Å². The van der Waals surface area contributed by atoms with Crippen molar-refractivity contribution in [2.75, 3.05) is 12.3 Å².